The van der Waals surface area contributed by atoms with Crippen LogP contribution in [0.1, 0.15) is 20.8 Å². The molecule has 0 aromatic rings. The van der Waals surface area contributed by atoms with Gasteiger partial charge in [-0.05, 0) is 34.9 Å². The van der Waals surface area contributed by atoms with Gasteiger partial charge in [0.2, 0.25) is 0 Å². The second-order valence-corrected chi connectivity index (χ2v) is 5.00. The fourth-order valence-electron chi connectivity index (χ4n) is 1.26. The Morgan fingerprint density at radius 3 is 2.21 bits per heavy atom. The highest BCUT2D eigenvalue weighted by atomic mass is 16.6. The molecule has 0 saturated carbocycles. The molecular weight excluding hydrogens is 180 g/mol. The van der Waals surface area contributed by atoms with Crippen LogP contribution in [-0.2, 0) is 4.74 Å². The molecule has 1 amide bonds. The standard InChI is InChI=1S/C10H20N2O2/c1-10(2,3)14-9(13)12-6-8(7-12)11(4)5/h8H,6-7H2,1-5H3. The van der Waals surface area contributed by atoms with E-state index < -0.39 is 0 Å². The van der Waals surface area contributed by atoms with E-state index in [0.29, 0.717) is 6.04 Å². The summed E-state index contributed by atoms with van der Waals surface area (Å²) in [5.74, 6) is 0. The molecule has 0 spiro atoms. The highest BCUT2D eigenvalue weighted by Gasteiger charge is 2.34. The summed E-state index contributed by atoms with van der Waals surface area (Å²) in [7, 11) is 4.05. The van der Waals surface area contributed by atoms with E-state index in [-0.39, 0.29) is 11.7 Å². The summed E-state index contributed by atoms with van der Waals surface area (Å²) in [6, 6.07) is 0.488. The first-order valence-corrected chi connectivity index (χ1v) is 4.94. The van der Waals surface area contributed by atoms with Crippen LogP contribution in [0.5, 0.6) is 0 Å². The van der Waals surface area contributed by atoms with Gasteiger partial charge in [0.05, 0.1) is 0 Å². The van der Waals surface area contributed by atoms with Crippen molar-refractivity contribution in [2.24, 2.45) is 0 Å². The van der Waals surface area contributed by atoms with Crippen molar-refractivity contribution in [2.75, 3.05) is 27.2 Å². The maximum atomic E-state index is 11.5. The summed E-state index contributed by atoms with van der Waals surface area (Å²) in [5, 5.41) is 0. The Hall–Kier alpha value is -0.770. The molecule has 0 unspecified atom stereocenters. The Kier molecular flexibility index (Phi) is 3.04. The average Bonchev–Trinajstić information content (AvgIpc) is 1.75. The summed E-state index contributed by atoms with van der Waals surface area (Å²) in [4.78, 5) is 15.4. The number of carbonyl (C=O) groups is 1. The van der Waals surface area contributed by atoms with Gasteiger partial charge in [0, 0.05) is 19.1 Å². The number of nitrogens with zero attached hydrogens (tertiary/aromatic N) is 2. The first kappa shape index (κ1) is 11.3. The number of hydrogen-bond donors (Lipinski definition) is 0. The zero-order chi connectivity index (χ0) is 10.9. The minimum absolute atomic E-state index is 0.199. The number of likely N-dealkylation sites (tertiary alicyclic amines) is 1. The van der Waals surface area contributed by atoms with Gasteiger partial charge in [-0.2, -0.15) is 0 Å². The van der Waals surface area contributed by atoms with Gasteiger partial charge in [-0.25, -0.2) is 4.79 Å². The maximum absolute atomic E-state index is 11.5. The van der Waals surface area contributed by atoms with E-state index >= 15 is 0 Å². The van der Waals surface area contributed by atoms with Crippen LogP contribution in [0.4, 0.5) is 4.79 Å². The number of amides is 1. The number of carbonyl (C=O) groups excluding carboxylic acids is 1. The monoisotopic (exact) mass is 200 g/mol. The van der Waals surface area contributed by atoms with E-state index in [1.54, 1.807) is 4.90 Å². The van der Waals surface area contributed by atoms with Gasteiger partial charge in [-0.1, -0.05) is 0 Å². The van der Waals surface area contributed by atoms with Crippen LogP contribution >= 0.6 is 0 Å². The predicted octanol–water partition coefficient (Wildman–Crippen LogP) is 1.17. The third kappa shape index (κ3) is 2.87. The second kappa shape index (κ2) is 3.77. The zero-order valence-electron chi connectivity index (χ0n) is 9.70. The quantitative estimate of drug-likeness (QED) is 0.637. The number of rotatable bonds is 1. The van der Waals surface area contributed by atoms with Crippen molar-refractivity contribution in [3.8, 4) is 0 Å². The van der Waals surface area contributed by atoms with E-state index in [1.165, 1.54) is 0 Å². The molecule has 0 aliphatic carbocycles. The fourth-order valence-corrected chi connectivity index (χ4v) is 1.26. The first-order chi connectivity index (χ1) is 6.29. The number of likely N-dealkylation sites (N-methyl/N-ethyl adjacent to an activating group) is 1. The molecule has 1 heterocycles. The molecule has 0 aromatic carbocycles. The van der Waals surface area contributed by atoms with Gasteiger partial charge in [0.25, 0.3) is 0 Å². The number of ether oxygens (including phenoxy) is 1. The van der Waals surface area contributed by atoms with Gasteiger partial charge < -0.3 is 14.5 Å². The van der Waals surface area contributed by atoms with Crippen molar-refractivity contribution >= 4 is 6.09 Å². The summed E-state index contributed by atoms with van der Waals surface area (Å²) < 4.78 is 5.24. The molecule has 0 aromatic heterocycles. The minimum Gasteiger partial charge on any atom is -0.444 e. The lowest BCUT2D eigenvalue weighted by molar-refractivity contribution is -0.00712. The van der Waals surface area contributed by atoms with Crippen LogP contribution < -0.4 is 0 Å². The summed E-state index contributed by atoms with van der Waals surface area (Å²) in [6.45, 7) is 7.21. The first-order valence-electron chi connectivity index (χ1n) is 4.94. The van der Waals surface area contributed by atoms with Crippen molar-refractivity contribution in [3.63, 3.8) is 0 Å². The van der Waals surface area contributed by atoms with Gasteiger partial charge in [0.15, 0.2) is 0 Å². The molecule has 1 aliphatic rings. The predicted molar refractivity (Wildman–Crippen MR) is 55.3 cm³/mol. The lowest BCUT2D eigenvalue weighted by Crippen LogP contribution is -2.59. The van der Waals surface area contributed by atoms with Crippen LogP contribution in [-0.4, -0.2) is 54.7 Å². The molecule has 0 atom stereocenters. The third-order valence-corrected chi connectivity index (χ3v) is 2.24. The Morgan fingerprint density at radius 2 is 1.86 bits per heavy atom. The minimum atomic E-state index is -0.389. The van der Waals surface area contributed by atoms with Crippen molar-refractivity contribution < 1.29 is 9.53 Å². The Balaban J connectivity index is 2.30. The van der Waals surface area contributed by atoms with Gasteiger partial charge in [-0.15, -0.1) is 0 Å². The largest absolute Gasteiger partial charge is 0.444 e. The SMILES string of the molecule is CN(C)C1CN(C(=O)OC(C)(C)C)C1. The average molecular weight is 200 g/mol. The van der Waals surface area contributed by atoms with Crippen LogP contribution in [0.25, 0.3) is 0 Å². The molecule has 1 aliphatic heterocycles. The highest BCUT2D eigenvalue weighted by Crippen LogP contribution is 2.16. The summed E-state index contributed by atoms with van der Waals surface area (Å²) >= 11 is 0. The van der Waals surface area contributed by atoms with E-state index in [4.69, 9.17) is 4.74 Å². The number of hydrogen-bond acceptors (Lipinski definition) is 3. The molecular formula is C10H20N2O2. The Bertz CT molecular complexity index is 215. The van der Waals surface area contributed by atoms with E-state index in [1.807, 2.05) is 34.9 Å². The summed E-state index contributed by atoms with van der Waals surface area (Å²) in [5.41, 5.74) is -0.389. The molecule has 0 N–H and O–H groups in total. The summed E-state index contributed by atoms with van der Waals surface area (Å²) in [6.07, 6.45) is -0.199. The molecule has 1 fully saturated rings. The highest BCUT2D eigenvalue weighted by molar-refractivity contribution is 5.69. The smallest absolute Gasteiger partial charge is 0.410 e. The molecule has 0 bridgehead atoms. The van der Waals surface area contributed by atoms with Crippen molar-refractivity contribution in [1.82, 2.24) is 9.80 Å². The Morgan fingerprint density at radius 1 is 1.36 bits per heavy atom. The molecule has 82 valence electrons. The second-order valence-electron chi connectivity index (χ2n) is 5.00. The van der Waals surface area contributed by atoms with E-state index in [0.717, 1.165) is 13.1 Å². The lowest BCUT2D eigenvalue weighted by atomic mass is 10.1. The third-order valence-electron chi connectivity index (χ3n) is 2.24. The molecule has 0 radical (unpaired) electrons. The molecule has 4 nitrogen and oxygen atoms in total. The van der Waals surface area contributed by atoms with E-state index in [2.05, 4.69) is 4.90 Å². The van der Waals surface area contributed by atoms with Crippen LogP contribution in [0.15, 0.2) is 0 Å². The molecule has 4 heteroatoms. The van der Waals surface area contributed by atoms with Crippen molar-refractivity contribution in [1.29, 1.82) is 0 Å². The molecule has 14 heavy (non-hydrogen) atoms. The normalized spacial score (nSPS) is 18.3. The van der Waals surface area contributed by atoms with Crippen LogP contribution in [0.3, 0.4) is 0 Å². The van der Waals surface area contributed by atoms with Gasteiger partial charge in [-0.3, -0.25) is 0 Å². The molecule has 1 saturated heterocycles. The van der Waals surface area contributed by atoms with E-state index in [9.17, 15) is 4.79 Å². The van der Waals surface area contributed by atoms with Crippen LogP contribution in [0.2, 0.25) is 0 Å². The lowest BCUT2D eigenvalue weighted by Gasteiger charge is -2.42. The van der Waals surface area contributed by atoms with Gasteiger partial charge in [0.1, 0.15) is 5.60 Å². The fraction of sp³-hybridized carbons (Fsp3) is 0.900. The van der Waals surface area contributed by atoms with Crippen molar-refractivity contribution in [2.45, 2.75) is 32.4 Å². The molecule has 1 rings (SSSR count). The van der Waals surface area contributed by atoms with Crippen LogP contribution in [0, 0.1) is 0 Å². The topological polar surface area (TPSA) is 32.8 Å². The van der Waals surface area contributed by atoms with Crippen molar-refractivity contribution in [3.05, 3.63) is 0 Å². The zero-order valence-corrected chi connectivity index (χ0v) is 9.70. The maximum Gasteiger partial charge on any atom is 0.410 e. The Labute approximate surface area is 85.8 Å². The van der Waals surface area contributed by atoms with Gasteiger partial charge >= 0.3 is 6.09 Å².